The number of amides is 2. The number of carbonyl (C=O) groups excluding carboxylic acids is 1. The quantitative estimate of drug-likeness (QED) is 0.285. The van der Waals surface area contributed by atoms with E-state index in [2.05, 4.69) is 30.6 Å². The van der Waals surface area contributed by atoms with Crippen LogP contribution in [0.1, 0.15) is 11.1 Å². The zero-order valence-corrected chi connectivity index (χ0v) is 26.0. The molecule has 1 aromatic carbocycles. The molecule has 0 atom stereocenters. The zero-order valence-electron chi connectivity index (χ0n) is 25.2. The number of sulfonamides is 1. The summed E-state index contributed by atoms with van der Waals surface area (Å²) in [4.78, 5) is 23.7. The number of anilines is 3. The van der Waals surface area contributed by atoms with Crippen LogP contribution in [0.4, 0.5) is 39.7 Å². The number of nitrogens with zero attached hydrogens (tertiary/aromatic N) is 6. The molecule has 18 heteroatoms. The Kier molecular flexibility index (Phi) is 9.01. The number of halogens is 4. The molecule has 2 aliphatic heterocycles. The van der Waals surface area contributed by atoms with E-state index in [1.54, 1.807) is 6.20 Å². The molecular weight excluding hydrogens is 646 g/mol. The molecule has 0 spiro atoms. The maximum atomic E-state index is 14.5. The summed E-state index contributed by atoms with van der Waals surface area (Å²) in [7, 11) is -3.28. The molecule has 0 aliphatic carbocycles. The zero-order chi connectivity index (χ0) is 33.3. The van der Waals surface area contributed by atoms with Crippen molar-refractivity contribution in [2.45, 2.75) is 12.7 Å². The number of rotatable bonds is 7. The van der Waals surface area contributed by atoms with Gasteiger partial charge in [0.15, 0.2) is 5.52 Å². The normalized spacial score (nSPS) is 16.8. The summed E-state index contributed by atoms with van der Waals surface area (Å²) in [5, 5.41) is 9.22. The summed E-state index contributed by atoms with van der Waals surface area (Å²) in [6.45, 7) is 4.17. The molecule has 2 amide bonds. The van der Waals surface area contributed by atoms with Crippen molar-refractivity contribution in [3.05, 3.63) is 65.7 Å². The summed E-state index contributed by atoms with van der Waals surface area (Å²) in [5.74, 6) is -0.399. The third-order valence-corrected chi connectivity index (χ3v) is 9.19. The Labute approximate surface area is 267 Å². The topological polar surface area (TPSA) is 139 Å². The number of hydrogen-bond acceptors (Lipinski definition) is 8. The molecule has 13 nitrogen and oxygen atoms in total. The molecule has 2 fully saturated rings. The second-order valence-corrected chi connectivity index (χ2v) is 13.2. The predicted molar refractivity (Wildman–Crippen MR) is 164 cm³/mol. The van der Waals surface area contributed by atoms with Crippen LogP contribution in [-0.2, 0) is 27.5 Å². The van der Waals surface area contributed by atoms with Crippen molar-refractivity contribution >= 4 is 38.9 Å². The molecule has 4 aromatic rings. The highest BCUT2D eigenvalue weighted by Gasteiger charge is 2.37. The lowest BCUT2D eigenvalue weighted by Crippen LogP contribution is -2.47. The number of alkyl halides is 3. The van der Waals surface area contributed by atoms with E-state index >= 15 is 0 Å². The lowest BCUT2D eigenvalue weighted by molar-refractivity contribution is -0.355. The van der Waals surface area contributed by atoms with Gasteiger partial charge in [0.25, 0.3) is 5.82 Å². The molecule has 2 saturated heterocycles. The van der Waals surface area contributed by atoms with Gasteiger partial charge in [-0.2, -0.15) is 22.0 Å². The fourth-order valence-corrected chi connectivity index (χ4v) is 6.37. The maximum absolute atomic E-state index is 14.5. The molecule has 6 rings (SSSR count). The highest BCUT2D eigenvalue weighted by atomic mass is 32.2. The Hall–Kier alpha value is -4.39. The van der Waals surface area contributed by atoms with E-state index in [0.29, 0.717) is 70.4 Å². The molecule has 0 bridgehead atoms. The first kappa shape index (κ1) is 32.5. The molecule has 2 aliphatic rings. The number of aromatic amines is 1. The number of pyridine rings is 1. The van der Waals surface area contributed by atoms with Gasteiger partial charge in [-0.3, -0.25) is 15.1 Å². The number of H-pyrrole nitrogens is 1. The van der Waals surface area contributed by atoms with Crippen LogP contribution in [0.3, 0.4) is 0 Å². The van der Waals surface area contributed by atoms with Gasteiger partial charge in [0, 0.05) is 50.8 Å². The van der Waals surface area contributed by atoms with Crippen LogP contribution in [0, 0.1) is 5.82 Å². The molecule has 5 heterocycles. The van der Waals surface area contributed by atoms with E-state index < -0.39 is 33.6 Å². The molecule has 3 aromatic heterocycles. The van der Waals surface area contributed by atoms with Crippen molar-refractivity contribution in [2.24, 2.45) is 0 Å². The monoisotopic (exact) mass is 678 g/mol. The van der Waals surface area contributed by atoms with Crippen LogP contribution in [0.2, 0.25) is 0 Å². The van der Waals surface area contributed by atoms with Gasteiger partial charge in [0.1, 0.15) is 11.6 Å². The molecular formula is C29H32F4N9O4S+. The van der Waals surface area contributed by atoms with E-state index in [0.717, 1.165) is 30.0 Å². The average Bonchev–Trinajstić information content (AvgIpc) is 3.44. The fourth-order valence-electron chi connectivity index (χ4n) is 5.55. The number of morpholine rings is 1. The van der Waals surface area contributed by atoms with Gasteiger partial charge < -0.3 is 10.1 Å². The number of hydrogen-bond donors (Lipinski definition) is 2. The number of urea groups is 1. The van der Waals surface area contributed by atoms with Gasteiger partial charge in [-0.05, 0) is 47.1 Å². The van der Waals surface area contributed by atoms with Crippen molar-refractivity contribution < 1.29 is 40.5 Å². The number of carbonyl (C=O) groups is 1. The highest BCUT2D eigenvalue weighted by molar-refractivity contribution is 7.88. The second kappa shape index (κ2) is 13.0. The van der Waals surface area contributed by atoms with Crippen LogP contribution in [0.15, 0.2) is 48.8 Å². The van der Waals surface area contributed by atoms with Crippen molar-refractivity contribution in [1.29, 1.82) is 0 Å². The minimum absolute atomic E-state index is 0.0925. The number of ether oxygens (including phenoxy) is 1. The number of benzene rings is 1. The number of nitrogens with one attached hydrogen (secondary N) is 3. The molecule has 0 radical (unpaired) electrons. The minimum atomic E-state index is -4.83. The smallest absolute Gasteiger partial charge is 0.375 e. The number of aromatic nitrogens is 4. The maximum Gasteiger partial charge on any atom is 0.417 e. The number of fused-ring (bicyclic) bond motifs is 1. The molecule has 47 heavy (non-hydrogen) atoms. The fraction of sp³-hybridized carbons (Fsp3) is 0.379. The molecule has 3 N–H and O–H groups in total. The predicted octanol–water partition coefficient (Wildman–Crippen LogP) is 2.93. The number of piperazine rings is 1. The van der Waals surface area contributed by atoms with E-state index in [-0.39, 0.29) is 22.9 Å². The van der Waals surface area contributed by atoms with Gasteiger partial charge in [-0.15, -0.1) is 0 Å². The molecule has 250 valence electrons. The standard InChI is InChI=1S/C29H31F4N9O4S/c1-47(44,45)41-8-6-39(7-9-41)17-19-14-24-27(40-10-12-46-13-11-40)37-26(38-42(24)18-19)22-16-34-25(15-23(22)29(31,32)33)36-28(43)35-21-4-2-20(30)3-5-21/h2-5,14-16,18H,6-13,17H2,1H3,(H2,34,35,36,43)/p+1. The summed E-state index contributed by atoms with van der Waals surface area (Å²) >= 11 is 0. The highest BCUT2D eigenvalue weighted by Crippen LogP contribution is 2.37. The van der Waals surface area contributed by atoms with Crippen LogP contribution < -0.4 is 20.5 Å². The van der Waals surface area contributed by atoms with E-state index in [1.165, 1.54) is 27.2 Å². The van der Waals surface area contributed by atoms with Gasteiger partial charge in [0.2, 0.25) is 15.8 Å². The average molecular weight is 679 g/mol. The van der Waals surface area contributed by atoms with Crippen LogP contribution in [-0.4, -0.2) is 97.0 Å². The SMILES string of the molecule is CS(=O)(=O)N1CCN(Cc2cc3c(N4CCOCC4)[nH+]c(-c4cnc(NC(=O)Nc5ccc(F)cc5)cc4C(F)(F)F)nn3c2)CC1. The summed E-state index contributed by atoms with van der Waals surface area (Å²) < 4.78 is 88.8. The van der Waals surface area contributed by atoms with E-state index in [1.807, 2.05) is 11.0 Å². The van der Waals surface area contributed by atoms with Crippen molar-refractivity contribution in [1.82, 2.24) is 23.8 Å². The lowest BCUT2D eigenvalue weighted by Gasteiger charge is -2.32. The summed E-state index contributed by atoms with van der Waals surface area (Å²) in [6, 6.07) is 6.66. The Morgan fingerprint density at radius 2 is 1.72 bits per heavy atom. The largest absolute Gasteiger partial charge is 0.417 e. The molecule has 0 saturated carbocycles. The van der Waals surface area contributed by atoms with E-state index in [4.69, 9.17) is 4.74 Å². The second-order valence-electron chi connectivity index (χ2n) is 11.2. The Bertz CT molecular complexity index is 1870. The first-order valence-electron chi connectivity index (χ1n) is 14.7. The summed E-state index contributed by atoms with van der Waals surface area (Å²) in [5.41, 5.74) is 0.341. The third kappa shape index (κ3) is 7.61. The van der Waals surface area contributed by atoms with Gasteiger partial charge in [-0.25, -0.2) is 27.6 Å². The van der Waals surface area contributed by atoms with Gasteiger partial charge in [0.05, 0.1) is 43.7 Å². The lowest BCUT2D eigenvalue weighted by atomic mass is 10.1. The van der Waals surface area contributed by atoms with Crippen molar-refractivity contribution in [3.63, 3.8) is 0 Å². The summed E-state index contributed by atoms with van der Waals surface area (Å²) in [6.07, 6.45) is -0.903. The van der Waals surface area contributed by atoms with Crippen molar-refractivity contribution in [3.8, 4) is 11.4 Å². The third-order valence-electron chi connectivity index (χ3n) is 7.89. The van der Waals surface area contributed by atoms with Crippen LogP contribution in [0.25, 0.3) is 16.9 Å². The Morgan fingerprint density at radius 3 is 2.38 bits per heavy atom. The first-order valence-corrected chi connectivity index (χ1v) is 16.5. The van der Waals surface area contributed by atoms with Crippen LogP contribution in [0.5, 0.6) is 0 Å². The van der Waals surface area contributed by atoms with Gasteiger partial charge in [-0.1, -0.05) is 0 Å². The van der Waals surface area contributed by atoms with Crippen molar-refractivity contribution in [2.75, 3.05) is 74.3 Å². The van der Waals surface area contributed by atoms with E-state index in [9.17, 15) is 30.8 Å². The Balaban J connectivity index is 1.31. The Morgan fingerprint density at radius 1 is 1.02 bits per heavy atom. The first-order chi connectivity index (χ1) is 22.3. The minimum Gasteiger partial charge on any atom is -0.375 e. The van der Waals surface area contributed by atoms with Gasteiger partial charge >= 0.3 is 12.2 Å². The van der Waals surface area contributed by atoms with Crippen LogP contribution >= 0.6 is 0 Å². The molecule has 0 unspecified atom stereocenters.